The Bertz CT molecular complexity index is 352. The number of nitrogens with zero attached hydrogens (tertiary/aromatic N) is 2. The van der Waals surface area contributed by atoms with Crippen molar-refractivity contribution in [3.05, 3.63) is 0 Å². The maximum absolute atomic E-state index is 12.7. The van der Waals surface area contributed by atoms with E-state index < -0.39 is 18.1 Å². The molecule has 0 bridgehead atoms. The topological polar surface area (TPSA) is 72.9 Å². The number of carbonyl (C=O) groups is 2. The van der Waals surface area contributed by atoms with Crippen LogP contribution >= 0.6 is 0 Å². The van der Waals surface area contributed by atoms with Crippen molar-refractivity contribution in [2.75, 3.05) is 33.2 Å². The average molecular weight is 299 g/mol. The van der Waals surface area contributed by atoms with Gasteiger partial charge in [0.15, 0.2) is 0 Å². The second kappa shape index (κ2) is 8.34. The number of piperazine rings is 1. The highest BCUT2D eigenvalue weighted by Gasteiger charge is 2.30. The maximum Gasteiger partial charge on any atom is 0.320 e. The van der Waals surface area contributed by atoms with Crippen molar-refractivity contribution in [2.24, 2.45) is 5.92 Å². The molecule has 2 N–H and O–H groups in total. The summed E-state index contributed by atoms with van der Waals surface area (Å²) in [6, 6.07) is -1.07. The minimum Gasteiger partial charge on any atom is -0.480 e. The molecular weight excluding hydrogens is 270 g/mol. The highest BCUT2D eigenvalue weighted by atomic mass is 16.4. The van der Waals surface area contributed by atoms with Crippen LogP contribution < -0.4 is 5.32 Å². The first kappa shape index (κ1) is 17.9. The lowest BCUT2D eigenvalue weighted by Gasteiger charge is -2.35. The fraction of sp³-hybridized carbons (Fsp3) is 0.867. The first-order chi connectivity index (χ1) is 9.85. The molecule has 6 heteroatoms. The SMILES string of the molecule is CCC(NC(CC(C)C)C(=O)N1CCN(C)CC1)C(=O)O. The molecule has 1 rings (SSSR count). The predicted octanol–water partition coefficient (Wildman–Crippen LogP) is 0.628. The van der Waals surface area contributed by atoms with Gasteiger partial charge in [0.2, 0.25) is 5.91 Å². The fourth-order valence-electron chi connectivity index (χ4n) is 2.57. The number of amides is 1. The number of carbonyl (C=O) groups excluding carboxylic acids is 1. The number of nitrogens with one attached hydrogen (secondary N) is 1. The van der Waals surface area contributed by atoms with Gasteiger partial charge >= 0.3 is 5.97 Å². The van der Waals surface area contributed by atoms with E-state index in [4.69, 9.17) is 0 Å². The van der Waals surface area contributed by atoms with Crippen LogP contribution in [0.5, 0.6) is 0 Å². The van der Waals surface area contributed by atoms with Crippen LogP contribution in [0, 0.1) is 5.92 Å². The monoisotopic (exact) mass is 299 g/mol. The summed E-state index contributed by atoms with van der Waals surface area (Å²) in [6.07, 6.45) is 1.13. The third kappa shape index (κ3) is 5.63. The van der Waals surface area contributed by atoms with Crippen molar-refractivity contribution >= 4 is 11.9 Å². The zero-order valence-corrected chi connectivity index (χ0v) is 13.6. The zero-order chi connectivity index (χ0) is 16.0. The Morgan fingerprint density at radius 1 is 1.14 bits per heavy atom. The normalized spacial score (nSPS) is 19.6. The van der Waals surface area contributed by atoms with Crippen LogP contribution in [0.3, 0.4) is 0 Å². The number of hydrogen-bond donors (Lipinski definition) is 2. The van der Waals surface area contributed by atoms with E-state index in [9.17, 15) is 14.7 Å². The molecule has 1 fully saturated rings. The Morgan fingerprint density at radius 3 is 2.14 bits per heavy atom. The molecule has 6 nitrogen and oxygen atoms in total. The van der Waals surface area contributed by atoms with Crippen molar-refractivity contribution < 1.29 is 14.7 Å². The van der Waals surface area contributed by atoms with Gasteiger partial charge in [-0.2, -0.15) is 0 Å². The highest BCUT2D eigenvalue weighted by molar-refractivity contribution is 5.83. The van der Waals surface area contributed by atoms with Crippen LogP contribution in [0.25, 0.3) is 0 Å². The van der Waals surface area contributed by atoms with E-state index in [1.165, 1.54) is 0 Å². The summed E-state index contributed by atoms with van der Waals surface area (Å²) in [5, 5.41) is 12.2. The van der Waals surface area contributed by atoms with Gasteiger partial charge in [0.25, 0.3) is 0 Å². The molecule has 2 unspecified atom stereocenters. The first-order valence-corrected chi connectivity index (χ1v) is 7.81. The third-order valence-electron chi connectivity index (χ3n) is 3.93. The minimum atomic E-state index is -0.891. The lowest BCUT2D eigenvalue weighted by atomic mass is 10.0. The summed E-state index contributed by atoms with van der Waals surface area (Å²) in [7, 11) is 2.04. The van der Waals surface area contributed by atoms with E-state index in [2.05, 4.69) is 10.2 Å². The molecule has 0 aromatic heterocycles. The van der Waals surface area contributed by atoms with Gasteiger partial charge in [-0.25, -0.2) is 0 Å². The lowest BCUT2D eigenvalue weighted by Crippen LogP contribution is -2.56. The summed E-state index contributed by atoms with van der Waals surface area (Å²) >= 11 is 0. The van der Waals surface area contributed by atoms with Crippen LogP contribution in [-0.4, -0.2) is 72.1 Å². The molecule has 0 aromatic carbocycles. The van der Waals surface area contributed by atoms with Crippen LogP contribution in [0.4, 0.5) is 0 Å². The largest absolute Gasteiger partial charge is 0.480 e. The van der Waals surface area contributed by atoms with Crippen molar-refractivity contribution in [3.8, 4) is 0 Å². The molecule has 122 valence electrons. The number of aliphatic carboxylic acids is 1. The highest BCUT2D eigenvalue weighted by Crippen LogP contribution is 2.11. The van der Waals surface area contributed by atoms with Gasteiger partial charge in [0, 0.05) is 26.2 Å². The summed E-state index contributed by atoms with van der Waals surface area (Å²) in [5.41, 5.74) is 0. The van der Waals surface area contributed by atoms with Gasteiger partial charge in [0.05, 0.1) is 6.04 Å². The zero-order valence-electron chi connectivity index (χ0n) is 13.6. The molecule has 0 aliphatic carbocycles. The lowest BCUT2D eigenvalue weighted by molar-refractivity contribution is -0.141. The Morgan fingerprint density at radius 2 is 1.71 bits per heavy atom. The van der Waals surface area contributed by atoms with Gasteiger partial charge < -0.3 is 14.9 Å². The Balaban J connectivity index is 2.71. The van der Waals surface area contributed by atoms with Crippen LogP contribution in [0.15, 0.2) is 0 Å². The smallest absolute Gasteiger partial charge is 0.320 e. The Hall–Kier alpha value is -1.14. The van der Waals surface area contributed by atoms with Gasteiger partial charge in [-0.3, -0.25) is 14.9 Å². The molecule has 1 heterocycles. The molecule has 0 aromatic rings. The van der Waals surface area contributed by atoms with E-state index in [0.29, 0.717) is 18.8 Å². The Kier molecular flexibility index (Phi) is 7.11. The number of carboxylic acids is 1. The van der Waals surface area contributed by atoms with Crippen molar-refractivity contribution in [2.45, 2.75) is 45.7 Å². The third-order valence-corrected chi connectivity index (χ3v) is 3.93. The number of rotatable bonds is 7. The standard InChI is InChI=1S/C15H29N3O3/c1-5-12(15(20)21)16-13(10-11(2)3)14(19)18-8-6-17(4)7-9-18/h11-13,16H,5-10H2,1-4H3,(H,20,21). The number of likely N-dealkylation sites (N-methyl/N-ethyl adjacent to an activating group) is 1. The second-order valence-corrected chi connectivity index (χ2v) is 6.28. The molecule has 0 radical (unpaired) electrons. The van der Waals surface area contributed by atoms with Gasteiger partial charge in [-0.15, -0.1) is 0 Å². The molecule has 21 heavy (non-hydrogen) atoms. The van der Waals surface area contributed by atoms with Crippen LogP contribution in [0.1, 0.15) is 33.6 Å². The molecule has 1 amide bonds. The molecule has 1 aliphatic heterocycles. The summed E-state index contributed by atoms with van der Waals surface area (Å²) < 4.78 is 0. The summed E-state index contributed by atoms with van der Waals surface area (Å²) in [4.78, 5) is 27.9. The van der Waals surface area contributed by atoms with Gasteiger partial charge in [-0.05, 0) is 25.8 Å². The fourth-order valence-corrected chi connectivity index (χ4v) is 2.57. The van der Waals surface area contributed by atoms with E-state index in [1.807, 2.05) is 32.7 Å². The summed E-state index contributed by atoms with van der Waals surface area (Å²) in [6.45, 7) is 9.09. The molecule has 1 saturated heterocycles. The average Bonchev–Trinajstić information content (AvgIpc) is 2.42. The van der Waals surface area contributed by atoms with Gasteiger partial charge in [-0.1, -0.05) is 20.8 Å². The number of carboxylic acid groups (broad SMARTS) is 1. The van der Waals surface area contributed by atoms with E-state index in [-0.39, 0.29) is 5.91 Å². The molecule has 1 aliphatic rings. The molecule has 2 atom stereocenters. The van der Waals surface area contributed by atoms with E-state index >= 15 is 0 Å². The van der Waals surface area contributed by atoms with Crippen LogP contribution in [-0.2, 0) is 9.59 Å². The molecular formula is C15H29N3O3. The summed E-state index contributed by atoms with van der Waals surface area (Å²) in [5.74, 6) is -0.515. The van der Waals surface area contributed by atoms with E-state index in [0.717, 1.165) is 26.2 Å². The second-order valence-electron chi connectivity index (χ2n) is 6.28. The van der Waals surface area contributed by atoms with Crippen molar-refractivity contribution in [1.82, 2.24) is 15.1 Å². The van der Waals surface area contributed by atoms with Crippen molar-refractivity contribution in [3.63, 3.8) is 0 Å². The molecule has 0 spiro atoms. The Labute approximate surface area is 127 Å². The van der Waals surface area contributed by atoms with Gasteiger partial charge in [0.1, 0.15) is 6.04 Å². The quantitative estimate of drug-likeness (QED) is 0.721. The molecule has 0 saturated carbocycles. The number of hydrogen-bond acceptors (Lipinski definition) is 4. The minimum absolute atomic E-state index is 0.0384. The first-order valence-electron chi connectivity index (χ1n) is 7.81. The van der Waals surface area contributed by atoms with Crippen molar-refractivity contribution in [1.29, 1.82) is 0 Å². The van der Waals surface area contributed by atoms with Crippen LogP contribution in [0.2, 0.25) is 0 Å². The predicted molar refractivity (Wildman–Crippen MR) is 82.2 cm³/mol. The maximum atomic E-state index is 12.7. The van der Waals surface area contributed by atoms with E-state index in [1.54, 1.807) is 0 Å².